The fourth-order valence-electron chi connectivity index (χ4n) is 1.62. The lowest BCUT2D eigenvalue weighted by Gasteiger charge is -2.23. The summed E-state index contributed by atoms with van der Waals surface area (Å²) in [5.41, 5.74) is 0. The third-order valence-corrected chi connectivity index (χ3v) is 5.13. The highest BCUT2D eigenvalue weighted by molar-refractivity contribution is 8.01. The Morgan fingerprint density at radius 1 is 1.48 bits per heavy atom. The van der Waals surface area contributed by atoms with Gasteiger partial charge in [0.1, 0.15) is 10.9 Å². The molecule has 1 aliphatic rings. The van der Waals surface area contributed by atoms with E-state index in [0.717, 1.165) is 4.88 Å². The minimum absolute atomic E-state index is 0.228. The van der Waals surface area contributed by atoms with Crippen LogP contribution in [0.25, 0.3) is 0 Å². The quantitative estimate of drug-likeness (QED) is 0.386. The second kappa shape index (κ2) is 8.43. The molecule has 0 N–H and O–H groups in total. The first-order valence-electron chi connectivity index (χ1n) is 6.58. The average molecular weight is 336 g/mol. The largest absolute Gasteiger partial charge is 0.395 e. The summed E-state index contributed by atoms with van der Waals surface area (Å²) in [5.74, 6) is -0.496. The van der Waals surface area contributed by atoms with Crippen molar-refractivity contribution < 1.29 is 18.0 Å². The molecule has 0 aliphatic heterocycles. The third-order valence-electron chi connectivity index (χ3n) is 3.04. The molecular weight excluding hydrogens is 321 g/mol. The zero-order valence-electron chi connectivity index (χ0n) is 11.2. The molecule has 0 spiro atoms. The highest BCUT2D eigenvalue weighted by Crippen LogP contribution is 2.27. The minimum Gasteiger partial charge on any atom is -0.395 e. The van der Waals surface area contributed by atoms with E-state index < -0.39 is 11.9 Å². The molecule has 21 heavy (non-hydrogen) atoms. The van der Waals surface area contributed by atoms with Gasteiger partial charge in [0.05, 0.1) is 11.1 Å². The van der Waals surface area contributed by atoms with Gasteiger partial charge in [0, 0.05) is 18.4 Å². The summed E-state index contributed by atoms with van der Waals surface area (Å²) in [6.45, 7) is 0.650. The van der Waals surface area contributed by atoms with Gasteiger partial charge in [0.15, 0.2) is 5.83 Å². The zero-order valence-corrected chi connectivity index (χ0v) is 12.9. The zero-order chi connectivity index (χ0) is 15.1. The first kappa shape index (κ1) is 16.4. The van der Waals surface area contributed by atoms with Gasteiger partial charge in [0.25, 0.3) is 0 Å². The molecule has 0 bridgehead atoms. The molecular formula is C13H15F3N2OS2. The molecule has 2 rings (SSSR count). The molecule has 1 aromatic heterocycles. The van der Waals surface area contributed by atoms with Crippen molar-refractivity contribution in [3.63, 3.8) is 0 Å². The van der Waals surface area contributed by atoms with Gasteiger partial charge in [-0.3, -0.25) is 0 Å². The molecule has 0 atom stereocenters. The Hall–Kier alpha value is -1.02. The lowest BCUT2D eigenvalue weighted by molar-refractivity contribution is 0.0768. The van der Waals surface area contributed by atoms with E-state index in [0.29, 0.717) is 16.9 Å². The van der Waals surface area contributed by atoms with E-state index in [-0.39, 0.29) is 12.2 Å². The van der Waals surface area contributed by atoms with E-state index in [1.807, 2.05) is 0 Å². The second-order valence-corrected chi connectivity index (χ2v) is 7.02. The summed E-state index contributed by atoms with van der Waals surface area (Å²) >= 11 is 2.61. The summed E-state index contributed by atoms with van der Waals surface area (Å²) in [7, 11) is 0. The number of halogens is 3. The van der Waals surface area contributed by atoms with Crippen LogP contribution in [-0.2, 0) is 4.84 Å². The maximum absolute atomic E-state index is 12.6. The predicted octanol–water partition coefficient (Wildman–Crippen LogP) is 4.85. The van der Waals surface area contributed by atoms with Crippen LogP contribution >= 0.6 is 23.1 Å². The number of allylic oxidation sites excluding steroid dienone is 1. The number of hydrogen-bond donors (Lipinski definition) is 0. The van der Waals surface area contributed by atoms with Crippen molar-refractivity contribution in [1.82, 2.24) is 4.98 Å². The van der Waals surface area contributed by atoms with Crippen molar-refractivity contribution in [2.24, 2.45) is 11.1 Å². The van der Waals surface area contributed by atoms with Crippen LogP contribution in [0.3, 0.4) is 0 Å². The number of thioether (sulfide) groups is 1. The highest BCUT2D eigenvalue weighted by Gasteiger charge is 2.17. The molecule has 116 valence electrons. The summed E-state index contributed by atoms with van der Waals surface area (Å²) in [5, 5.41) is 3.88. The Balaban J connectivity index is 1.68. The van der Waals surface area contributed by atoms with Crippen LogP contribution in [0, 0.1) is 5.92 Å². The van der Waals surface area contributed by atoms with Gasteiger partial charge >= 0.3 is 6.08 Å². The molecule has 0 unspecified atom stereocenters. The SMILES string of the molecule is FC(F)=C(F)CCSc1ncc(C=NOCC2CCC2)s1. The third kappa shape index (κ3) is 5.70. The molecule has 8 heteroatoms. The van der Waals surface area contributed by atoms with Gasteiger partial charge in [-0.15, -0.1) is 11.3 Å². The Bertz CT molecular complexity index is 511. The fraction of sp³-hybridized carbons (Fsp3) is 0.538. The van der Waals surface area contributed by atoms with Gasteiger partial charge in [-0.2, -0.15) is 8.78 Å². The van der Waals surface area contributed by atoms with Crippen molar-refractivity contribution in [2.75, 3.05) is 12.4 Å². The van der Waals surface area contributed by atoms with Crippen LogP contribution in [0.2, 0.25) is 0 Å². The van der Waals surface area contributed by atoms with E-state index in [2.05, 4.69) is 10.1 Å². The normalized spacial score (nSPS) is 15.2. The minimum atomic E-state index is -2.24. The van der Waals surface area contributed by atoms with E-state index in [1.54, 1.807) is 12.4 Å². The first-order valence-corrected chi connectivity index (χ1v) is 8.39. The molecule has 1 fully saturated rings. The topological polar surface area (TPSA) is 34.5 Å². The van der Waals surface area contributed by atoms with Crippen LogP contribution in [-0.4, -0.2) is 23.6 Å². The van der Waals surface area contributed by atoms with Gasteiger partial charge in [-0.25, -0.2) is 9.37 Å². The van der Waals surface area contributed by atoms with E-state index in [9.17, 15) is 13.2 Å². The number of aromatic nitrogens is 1. The number of thiazole rings is 1. The standard InChI is InChI=1S/C13H15F3N2OS2/c14-11(12(15)16)4-5-20-13-17-6-10(21-13)7-18-19-8-9-2-1-3-9/h6-7,9H,1-5,8H2. The number of nitrogens with zero attached hydrogens (tertiary/aromatic N) is 2. The second-order valence-electron chi connectivity index (χ2n) is 4.62. The van der Waals surface area contributed by atoms with E-state index in [1.165, 1.54) is 42.4 Å². The summed E-state index contributed by atoms with van der Waals surface area (Å²) in [6.07, 6.45) is 4.37. The van der Waals surface area contributed by atoms with E-state index >= 15 is 0 Å². The van der Waals surface area contributed by atoms with Crippen LogP contribution in [0.5, 0.6) is 0 Å². The average Bonchev–Trinajstić information content (AvgIpc) is 2.84. The molecule has 0 saturated heterocycles. The van der Waals surface area contributed by atoms with Crippen LogP contribution < -0.4 is 0 Å². The number of rotatable bonds is 8. The van der Waals surface area contributed by atoms with E-state index in [4.69, 9.17) is 4.84 Å². The summed E-state index contributed by atoms with van der Waals surface area (Å²) < 4.78 is 37.0. The molecule has 0 amide bonds. The maximum Gasteiger partial charge on any atom is 0.301 e. The van der Waals surface area contributed by atoms with Crippen molar-refractivity contribution >= 4 is 29.3 Å². The highest BCUT2D eigenvalue weighted by atomic mass is 32.2. The van der Waals surface area contributed by atoms with Gasteiger partial charge in [0.2, 0.25) is 0 Å². The molecule has 3 nitrogen and oxygen atoms in total. The van der Waals surface area contributed by atoms with Crippen LogP contribution in [0.1, 0.15) is 30.6 Å². The van der Waals surface area contributed by atoms with Crippen LogP contribution in [0.15, 0.2) is 27.6 Å². The molecule has 0 aromatic carbocycles. The lowest BCUT2D eigenvalue weighted by atomic mass is 9.86. The Morgan fingerprint density at radius 3 is 2.95 bits per heavy atom. The number of hydrogen-bond acceptors (Lipinski definition) is 5. The molecule has 0 radical (unpaired) electrons. The number of oxime groups is 1. The van der Waals surface area contributed by atoms with Gasteiger partial charge in [-0.05, 0) is 18.8 Å². The van der Waals surface area contributed by atoms with Gasteiger partial charge < -0.3 is 4.84 Å². The smallest absolute Gasteiger partial charge is 0.301 e. The van der Waals surface area contributed by atoms with Crippen molar-refractivity contribution in [1.29, 1.82) is 0 Å². The Kier molecular flexibility index (Phi) is 6.56. The predicted molar refractivity (Wildman–Crippen MR) is 78.7 cm³/mol. The lowest BCUT2D eigenvalue weighted by Crippen LogP contribution is -2.16. The van der Waals surface area contributed by atoms with Crippen molar-refractivity contribution in [3.8, 4) is 0 Å². The monoisotopic (exact) mass is 336 g/mol. The summed E-state index contributed by atoms with van der Waals surface area (Å²) in [4.78, 5) is 10.1. The first-order chi connectivity index (χ1) is 10.1. The Morgan fingerprint density at radius 2 is 2.29 bits per heavy atom. The van der Waals surface area contributed by atoms with Crippen molar-refractivity contribution in [3.05, 3.63) is 23.0 Å². The maximum atomic E-state index is 12.6. The molecule has 1 heterocycles. The molecule has 1 aliphatic carbocycles. The summed E-state index contributed by atoms with van der Waals surface area (Å²) in [6, 6.07) is 0. The van der Waals surface area contributed by atoms with Crippen LogP contribution in [0.4, 0.5) is 13.2 Å². The van der Waals surface area contributed by atoms with Crippen molar-refractivity contribution in [2.45, 2.75) is 30.0 Å². The van der Waals surface area contributed by atoms with Gasteiger partial charge in [-0.1, -0.05) is 23.3 Å². The molecule has 1 aromatic rings. The Labute approximate surface area is 129 Å². The molecule has 1 saturated carbocycles. The fourth-order valence-corrected chi connectivity index (χ4v) is 3.48.